The average molecular weight is 252 g/mol. The number of carboxylic acids is 1. The second-order valence-corrected chi connectivity index (χ2v) is 3.77. The summed E-state index contributed by atoms with van der Waals surface area (Å²) in [6, 6.07) is 7.40. The predicted molar refractivity (Wildman–Crippen MR) is 65.3 cm³/mol. The summed E-state index contributed by atoms with van der Waals surface area (Å²) in [5, 5.41) is 12.5. The summed E-state index contributed by atoms with van der Waals surface area (Å²) in [7, 11) is 0. The number of rotatable bonds is 4. The van der Waals surface area contributed by atoms with Gasteiger partial charge in [0.2, 0.25) is 5.28 Å². The lowest BCUT2D eigenvalue weighted by atomic mass is 10.2. The first kappa shape index (κ1) is 11.6. The molecule has 2 rings (SSSR count). The second-order valence-electron chi connectivity index (χ2n) is 3.43. The molecule has 0 bridgehead atoms. The van der Waals surface area contributed by atoms with Crippen LogP contribution >= 0.6 is 11.6 Å². The molecule has 0 aliphatic heterocycles. The van der Waals surface area contributed by atoms with E-state index in [-0.39, 0.29) is 11.7 Å². The number of aromatic nitrogens is 2. The molecule has 6 heteroatoms. The van der Waals surface area contributed by atoms with E-state index in [1.54, 1.807) is 0 Å². The molecule has 2 N–H and O–H groups in total. The zero-order valence-electron chi connectivity index (χ0n) is 8.85. The SMILES string of the molecule is O=C(O)CCNc1nc(Cl)nc2ccccc12. The van der Waals surface area contributed by atoms with Gasteiger partial charge in [0, 0.05) is 11.9 Å². The van der Waals surface area contributed by atoms with E-state index in [0.717, 1.165) is 10.9 Å². The molecule has 0 fully saturated rings. The van der Waals surface area contributed by atoms with Crippen molar-refractivity contribution >= 4 is 34.3 Å². The molecule has 0 unspecified atom stereocenters. The van der Waals surface area contributed by atoms with E-state index >= 15 is 0 Å². The predicted octanol–water partition coefficient (Wildman–Crippen LogP) is 2.17. The second kappa shape index (κ2) is 4.97. The summed E-state index contributed by atoms with van der Waals surface area (Å²) in [6.07, 6.45) is 0.0238. The quantitative estimate of drug-likeness (QED) is 0.815. The Kier molecular flexibility index (Phi) is 3.39. The Labute approximate surface area is 102 Å². The Morgan fingerprint density at radius 1 is 1.35 bits per heavy atom. The number of carbonyl (C=O) groups is 1. The van der Waals surface area contributed by atoms with Gasteiger partial charge >= 0.3 is 5.97 Å². The third kappa shape index (κ3) is 2.82. The highest BCUT2D eigenvalue weighted by Crippen LogP contribution is 2.21. The van der Waals surface area contributed by atoms with Crippen molar-refractivity contribution in [2.75, 3.05) is 11.9 Å². The zero-order chi connectivity index (χ0) is 12.3. The fourth-order valence-corrected chi connectivity index (χ4v) is 1.65. The van der Waals surface area contributed by atoms with Gasteiger partial charge in [-0.3, -0.25) is 4.79 Å². The molecule has 0 spiro atoms. The van der Waals surface area contributed by atoms with Gasteiger partial charge in [-0.05, 0) is 23.7 Å². The Morgan fingerprint density at radius 2 is 2.12 bits per heavy atom. The standard InChI is InChI=1S/C11H10ClN3O2/c12-11-14-8-4-2-1-3-7(8)10(15-11)13-6-5-9(16)17/h1-4H,5-6H2,(H,16,17)(H,13,14,15). The maximum Gasteiger partial charge on any atom is 0.305 e. The first-order chi connectivity index (χ1) is 8.16. The minimum atomic E-state index is -0.859. The van der Waals surface area contributed by atoms with Gasteiger partial charge in [0.1, 0.15) is 5.82 Å². The Morgan fingerprint density at radius 3 is 2.88 bits per heavy atom. The van der Waals surface area contributed by atoms with Crippen molar-refractivity contribution < 1.29 is 9.90 Å². The van der Waals surface area contributed by atoms with E-state index in [0.29, 0.717) is 12.4 Å². The first-order valence-electron chi connectivity index (χ1n) is 5.05. The summed E-state index contributed by atoms with van der Waals surface area (Å²) >= 11 is 5.79. The van der Waals surface area contributed by atoms with Gasteiger partial charge < -0.3 is 10.4 Å². The monoisotopic (exact) mass is 251 g/mol. The first-order valence-corrected chi connectivity index (χ1v) is 5.42. The zero-order valence-corrected chi connectivity index (χ0v) is 9.61. The van der Waals surface area contributed by atoms with Crippen LogP contribution in [0.3, 0.4) is 0 Å². The number of aliphatic carboxylic acids is 1. The van der Waals surface area contributed by atoms with E-state index in [9.17, 15) is 4.79 Å². The lowest BCUT2D eigenvalue weighted by molar-refractivity contribution is -0.136. The number of nitrogens with zero attached hydrogens (tertiary/aromatic N) is 2. The van der Waals surface area contributed by atoms with Gasteiger partial charge in [0.25, 0.3) is 0 Å². The molecule has 0 amide bonds. The van der Waals surface area contributed by atoms with Crippen molar-refractivity contribution in [3.8, 4) is 0 Å². The lowest BCUT2D eigenvalue weighted by Crippen LogP contribution is -2.09. The van der Waals surface area contributed by atoms with Gasteiger partial charge in [-0.25, -0.2) is 9.97 Å². The fraction of sp³-hybridized carbons (Fsp3) is 0.182. The van der Waals surface area contributed by atoms with Gasteiger partial charge in [-0.15, -0.1) is 0 Å². The number of benzene rings is 1. The molecule has 0 aliphatic rings. The molecule has 1 aromatic heterocycles. The molecule has 2 aromatic rings. The van der Waals surface area contributed by atoms with Gasteiger partial charge in [0.05, 0.1) is 11.9 Å². The maximum atomic E-state index is 10.4. The molecule has 1 heterocycles. The van der Waals surface area contributed by atoms with Crippen LogP contribution in [-0.2, 0) is 4.79 Å². The molecule has 0 saturated heterocycles. The topological polar surface area (TPSA) is 75.1 Å². The number of anilines is 1. The maximum absolute atomic E-state index is 10.4. The molecule has 88 valence electrons. The molecule has 0 radical (unpaired) electrons. The van der Waals surface area contributed by atoms with E-state index in [1.807, 2.05) is 24.3 Å². The summed E-state index contributed by atoms with van der Waals surface area (Å²) in [5.41, 5.74) is 0.727. The molecule has 5 nitrogen and oxygen atoms in total. The van der Waals surface area contributed by atoms with Crippen molar-refractivity contribution in [1.82, 2.24) is 9.97 Å². The molecular weight excluding hydrogens is 242 g/mol. The Bertz CT molecular complexity index is 559. The smallest absolute Gasteiger partial charge is 0.305 e. The molecular formula is C11H10ClN3O2. The largest absolute Gasteiger partial charge is 0.481 e. The Balaban J connectivity index is 2.29. The van der Waals surface area contributed by atoms with Crippen LogP contribution in [0.5, 0.6) is 0 Å². The van der Waals surface area contributed by atoms with Crippen molar-refractivity contribution in [1.29, 1.82) is 0 Å². The van der Waals surface area contributed by atoms with Crippen LogP contribution in [0.25, 0.3) is 10.9 Å². The molecule has 0 atom stereocenters. The van der Waals surface area contributed by atoms with E-state index < -0.39 is 5.97 Å². The highest BCUT2D eigenvalue weighted by atomic mass is 35.5. The van der Waals surface area contributed by atoms with Gasteiger partial charge in [-0.2, -0.15) is 0 Å². The van der Waals surface area contributed by atoms with Crippen LogP contribution in [0.4, 0.5) is 5.82 Å². The van der Waals surface area contributed by atoms with Crippen LogP contribution in [0.1, 0.15) is 6.42 Å². The van der Waals surface area contributed by atoms with E-state index in [1.165, 1.54) is 0 Å². The van der Waals surface area contributed by atoms with Gasteiger partial charge in [0.15, 0.2) is 0 Å². The normalized spacial score (nSPS) is 10.4. The van der Waals surface area contributed by atoms with Crippen LogP contribution in [0.2, 0.25) is 5.28 Å². The van der Waals surface area contributed by atoms with E-state index in [4.69, 9.17) is 16.7 Å². The number of halogens is 1. The average Bonchev–Trinajstić information content (AvgIpc) is 2.28. The number of carboxylic acid groups (broad SMARTS) is 1. The summed E-state index contributed by atoms with van der Waals surface area (Å²) in [5.74, 6) is -0.302. The fourth-order valence-electron chi connectivity index (χ4n) is 1.47. The number of para-hydroxylation sites is 1. The van der Waals surface area contributed by atoms with Crippen LogP contribution in [-0.4, -0.2) is 27.6 Å². The van der Waals surface area contributed by atoms with Crippen LogP contribution < -0.4 is 5.32 Å². The summed E-state index contributed by atoms with van der Waals surface area (Å²) in [4.78, 5) is 18.5. The van der Waals surface area contributed by atoms with Crippen molar-refractivity contribution in [2.45, 2.75) is 6.42 Å². The third-order valence-electron chi connectivity index (χ3n) is 2.21. The third-order valence-corrected chi connectivity index (χ3v) is 2.38. The Hall–Kier alpha value is -1.88. The van der Waals surface area contributed by atoms with E-state index in [2.05, 4.69) is 15.3 Å². The number of fused-ring (bicyclic) bond motifs is 1. The van der Waals surface area contributed by atoms with Crippen LogP contribution in [0.15, 0.2) is 24.3 Å². The number of hydrogen-bond donors (Lipinski definition) is 2. The number of hydrogen-bond acceptors (Lipinski definition) is 4. The van der Waals surface area contributed by atoms with Crippen molar-refractivity contribution in [3.63, 3.8) is 0 Å². The van der Waals surface area contributed by atoms with Gasteiger partial charge in [-0.1, -0.05) is 12.1 Å². The highest BCUT2D eigenvalue weighted by molar-refractivity contribution is 6.28. The summed E-state index contributed by atoms with van der Waals surface area (Å²) in [6.45, 7) is 0.298. The molecule has 17 heavy (non-hydrogen) atoms. The lowest BCUT2D eigenvalue weighted by Gasteiger charge is -2.07. The molecule has 0 aliphatic carbocycles. The van der Waals surface area contributed by atoms with Crippen molar-refractivity contribution in [2.24, 2.45) is 0 Å². The minimum Gasteiger partial charge on any atom is -0.481 e. The minimum absolute atomic E-state index is 0.0238. The van der Waals surface area contributed by atoms with Crippen molar-refractivity contribution in [3.05, 3.63) is 29.5 Å². The molecule has 1 aromatic carbocycles. The number of nitrogens with one attached hydrogen (secondary N) is 1. The molecule has 0 saturated carbocycles. The van der Waals surface area contributed by atoms with Crippen LogP contribution in [0, 0.1) is 0 Å². The summed E-state index contributed by atoms with van der Waals surface area (Å²) < 4.78 is 0. The highest BCUT2D eigenvalue weighted by Gasteiger charge is 2.06.